The van der Waals surface area contributed by atoms with Crippen LogP contribution in [-0.2, 0) is 4.79 Å². The number of carbonyl (C=O) groups is 1. The number of nitrogens with one attached hydrogen (secondary N) is 1. The lowest BCUT2D eigenvalue weighted by atomic mass is 10.2. The summed E-state index contributed by atoms with van der Waals surface area (Å²) in [6.45, 7) is 2.01. The Labute approximate surface area is 147 Å². The van der Waals surface area contributed by atoms with Crippen molar-refractivity contribution in [2.24, 2.45) is 0 Å². The Kier molecular flexibility index (Phi) is 5.32. The summed E-state index contributed by atoms with van der Waals surface area (Å²) >= 11 is 4.84. The lowest BCUT2D eigenvalue weighted by molar-refractivity contribution is -0.113. The number of hydrogen-bond donors (Lipinski definition) is 1. The molecule has 6 nitrogen and oxygen atoms in total. The number of aryl methyl sites for hydroxylation is 1. The van der Waals surface area contributed by atoms with Crippen LogP contribution >= 0.6 is 27.7 Å². The third-order valence-corrected chi connectivity index (χ3v) is 5.45. The minimum absolute atomic E-state index is 0.0690. The summed E-state index contributed by atoms with van der Waals surface area (Å²) in [5.41, 5.74) is 1.91. The largest absolute Gasteiger partial charge is 0.324 e. The van der Waals surface area contributed by atoms with Gasteiger partial charge in [-0.1, -0.05) is 30.7 Å². The zero-order valence-corrected chi connectivity index (χ0v) is 15.2. The van der Waals surface area contributed by atoms with E-state index >= 15 is 0 Å². The summed E-state index contributed by atoms with van der Waals surface area (Å²) in [5, 5.41) is 15.5. The van der Waals surface area contributed by atoms with Crippen LogP contribution in [0.15, 0.2) is 27.8 Å². The van der Waals surface area contributed by atoms with Crippen LogP contribution in [0, 0.1) is 6.92 Å². The van der Waals surface area contributed by atoms with E-state index in [1.807, 2.05) is 29.8 Å². The molecular weight excluding hydrogens is 378 g/mol. The lowest BCUT2D eigenvalue weighted by Gasteiger charge is -2.11. The van der Waals surface area contributed by atoms with Gasteiger partial charge in [0, 0.05) is 4.47 Å². The number of benzene rings is 1. The first-order chi connectivity index (χ1) is 11.1. The van der Waals surface area contributed by atoms with Crippen molar-refractivity contribution in [3.8, 4) is 0 Å². The Morgan fingerprint density at radius 1 is 1.43 bits per heavy atom. The van der Waals surface area contributed by atoms with Gasteiger partial charge in [0.05, 0.1) is 17.5 Å². The van der Waals surface area contributed by atoms with Gasteiger partial charge in [-0.25, -0.2) is 4.68 Å². The van der Waals surface area contributed by atoms with E-state index in [2.05, 4.69) is 36.8 Å². The van der Waals surface area contributed by atoms with Crippen molar-refractivity contribution < 1.29 is 4.79 Å². The minimum Gasteiger partial charge on any atom is -0.324 e. The molecule has 0 aliphatic heterocycles. The van der Waals surface area contributed by atoms with Crippen molar-refractivity contribution in [3.05, 3.63) is 28.2 Å². The van der Waals surface area contributed by atoms with E-state index in [0.29, 0.717) is 6.04 Å². The summed E-state index contributed by atoms with van der Waals surface area (Å²) in [4.78, 5) is 12.1. The molecule has 1 aliphatic rings. The third kappa shape index (κ3) is 4.11. The van der Waals surface area contributed by atoms with Crippen LogP contribution < -0.4 is 5.32 Å². The minimum atomic E-state index is -0.0690. The maximum Gasteiger partial charge on any atom is 0.234 e. The third-order valence-electron chi connectivity index (χ3n) is 3.86. The molecule has 1 N–H and O–H groups in total. The van der Waals surface area contributed by atoms with Gasteiger partial charge in [0.25, 0.3) is 0 Å². The molecule has 1 fully saturated rings. The highest BCUT2D eigenvalue weighted by molar-refractivity contribution is 9.10. The quantitative estimate of drug-likeness (QED) is 0.782. The van der Waals surface area contributed by atoms with Crippen LogP contribution in [0.3, 0.4) is 0 Å². The maximum atomic E-state index is 12.1. The average molecular weight is 396 g/mol. The van der Waals surface area contributed by atoms with Gasteiger partial charge in [0.2, 0.25) is 11.1 Å². The number of nitrogens with zero attached hydrogens (tertiary/aromatic N) is 4. The molecule has 0 radical (unpaired) electrons. The summed E-state index contributed by atoms with van der Waals surface area (Å²) in [5.74, 6) is 0.216. The molecule has 3 rings (SSSR count). The highest BCUT2D eigenvalue weighted by Gasteiger charge is 2.22. The number of rotatable bonds is 5. The molecule has 1 saturated carbocycles. The Hall–Kier alpha value is -1.41. The molecule has 0 atom stereocenters. The lowest BCUT2D eigenvalue weighted by Crippen LogP contribution is -2.15. The number of carbonyl (C=O) groups excluding carboxylic acids is 1. The number of halogens is 1. The standard InChI is InChI=1S/C15H18BrN5OS/c1-10-6-7-13(12(16)8-10)17-14(22)9-23-15-18-19-20-21(15)11-4-2-3-5-11/h6-8,11H,2-5,9H2,1H3,(H,17,22). The highest BCUT2D eigenvalue weighted by Crippen LogP contribution is 2.31. The zero-order chi connectivity index (χ0) is 16.2. The predicted molar refractivity (Wildman–Crippen MR) is 93.6 cm³/mol. The van der Waals surface area contributed by atoms with E-state index in [1.54, 1.807) is 0 Å². The molecule has 0 bridgehead atoms. The van der Waals surface area contributed by atoms with E-state index < -0.39 is 0 Å². The number of tetrazole rings is 1. The molecular formula is C15H18BrN5OS. The van der Waals surface area contributed by atoms with Crippen molar-refractivity contribution in [3.63, 3.8) is 0 Å². The van der Waals surface area contributed by atoms with Crippen molar-refractivity contribution >= 4 is 39.3 Å². The Bertz CT molecular complexity index is 699. The van der Waals surface area contributed by atoms with Crippen LogP contribution in [-0.4, -0.2) is 31.9 Å². The van der Waals surface area contributed by atoms with Crippen molar-refractivity contribution in [2.45, 2.75) is 43.8 Å². The van der Waals surface area contributed by atoms with Gasteiger partial charge in [-0.3, -0.25) is 4.79 Å². The molecule has 1 aromatic heterocycles. The van der Waals surface area contributed by atoms with Gasteiger partial charge < -0.3 is 5.32 Å². The number of thioether (sulfide) groups is 1. The molecule has 0 spiro atoms. The number of amides is 1. The molecule has 122 valence electrons. The van der Waals surface area contributed by atoms with Crippen molar-refractivity contribution in [1.29, 1.82) is 0 Å². The van der Waals surface area contributed by atoms with E-state index in [9.17, 15) is 4.79 Å². The first-order valence-corrected chi connectivity index (χ1v) is 9.38. The van der Waals surface area contributed by atoms with Gasteiger partial charge in [0.15, 0.2) is 0 Å². The van der Waals surface area contributed by atoms with Gasteiger partial charge in [-0.05, 0) is 63.8 Å². The second-order valence-electron chi connectivity index (χ2n) is 5.66. The first kappa shape index (κ1) is 16.4. The second-order valence-corrected chi connectivity index (χ2v) is 7.46. The predicted octanol–water partition coefficient (Wildman–Crippen LogP) is 3.59. The van der Waals surface area contributed by atoms with Crippen LogP contribution in [0.4, 0.5) is 5.69 Å². The van der Waals surface area contributed by atoms with Gasteiger partial charge >= 0.3 is 0 Å². The van der Waals surface area contributed by atoms with E-state index in [4.69, 9.17) is 0 Å². The average Bonchev–Trinajstić information content (AvgIpc) is 3.18. The molecule has 1 aliphatic carbocycles. The molecule has 1 amide bonds. The molecule has 23 heavy (non-hydrogen) atoms. The number of anilines is 1. The van der Waals surface area contributed by atoms with E-state index in [1.165, 1.54) is 24.6 Å². The van der Waals surface area contributed by atoms with Gasteiger partial charge in [-0.15, -0.1) is 5.10 Å². The second kappa shape index (κ2) is 7.44. The molecule has 1 heterocycles. The first-order valence-electron chi connectivity index (χ1n) is 7.60. The van der Waals surface area contributed by atoms with Gasteiger partial charge in [0.1, 0.15) is 0 Å². The van der Waals surface area contributed by atoms with E-state index in [0.717, 1.165) is 33.7 Å². The summed E-state index contributed by atoms with van der Waals surface area (Å²) in [6.07, 6.45) is 4.66. The normalized spacial score (nSPS) is 15.0. The topological polar surface area (TPSA) is 72.7 Å². The van der Waals surface area contributed by atoms with Crippen LogP contribution in [0.5, 0.6) is 0 Å². The van der Waals surface area contributed by atoms with Crippen LogP contribution in [0.1, 0.15) is 37.3 Å². The molecule has 2 aromatic rings. The van der Waals surface area contributed by atoms with Crippen LogP contribution in [0.2, 0.25) is 0 Å². The summed E-state index contributed by atoms with van der Waals surface area (Å²) in [7, 11) is 0. The highest BCUT2D eigenvalue weighted by atomic mass is 79.9. The zero-order valence-electron chi connectivity index (χ0n) is 12.8. The molecule has 0 saturated heterocycles. The van der Waals surface area contributed by atoms with E-state index in [-0.39, 0.29) is 11.7 Å². The smallest absolute Gasteiger partial charge is 0.234 e. The van der Waals surface area contributed by atoms with Crippen LogP contribution in [0.25, 0.3) is 0 Å². The molecule has 1 aromatic carbocycles. The maximum absolute atomic E-state index is 12.1. The fraction of sp³-hybridized carbons (Fsp3) is 0.467. The monoisotopic (exact) mass is 395 g/mol. The van der Waals surface area contributed by atoms with Crippen molar-refractivity contribution in [2.75, 3.05) is 11.1 Å². The fourth-order valence-electron chi connectivity index (χ4n) is 2.70. The number of hydrogen-bond acceptors (Lipinski definition) is 5. The Morgan fingerprint density at radius 2 is 2.22 bits per heavy atom. The summed E-state index contributed by atoms with van der Waals surface area (Å²) < 4.78 is 2.75. The Balaban J connectivity index is 1.58. The number of aromatic nitrogens is 4. The fourth-order valence-corrected chi connectivity index (χ4v) is 4.03. The molecule has 0 unspecified atom stereocenters. The molecule has 8 heteroatoms. The summed E-state index contributed by atoms with van der Waals surface area (Å²) in [6, 6.07) is 6.21. The SMILES string of the molecule is Cc1ccc(NC(=O)CSc2nnnn2C2CCCC2)c(Br)c1. The van der Waals surface area contributed by atoms with Crippen molar-refractivity contribution in [1.82, 2.24) is 20.2 Å². The van der Waals surface area contributed by atoms with Gasteiger partial charge in [-0.2, -0.15) is 0 Å². The Morgan fingerprint density at radius 3 is 2.96 bits per heavy atom.